The Morgan fingerprint density at radius 1 is 1.45 bits per heavy atom. The van der Waals surface area contributed by atoms with Gasteiger partial charge in [-0.25, -0.2) is 27.1 Å². The van der Waals surface area contributed by atoms with Crippen LogP contribution < -0.4 is 4.90 Å². The van der Waals surface area contributed by atoms with E-state index in [1.54, 1.807) is 11.9 Å². The molecule has 1 saturated carbocycles. The number of hydrogen-bond acceptors (Lipinski definition) is 5. The van der Waals surface area contributed by atoms with Gasteiger partial charge in [-0.05, 0) is 12.8 Å². The molecule has 1 aromatic rings. The Bertz CT molecular complexity index is 599. The van der Waals surface area contributed by atoms with Gasteiger partial charge in [0.05, 0.1) is 11.4 Å². The van der Waals surface area contributed by atoms with Crippen LogP contribution in [0.4, 0.5) is 10.2 Å². The van der Waals surface area contributed by atoms with Crippen LogP contribution in [0.5, 0.6) is 0 Å². The summed E-state index contributed by atoms with van der Waals surface area (Å²) in [4.78, 5) is 9.33. The average molecular weight is 300 g/mol. The molecule has 0 bridgehead atoms. The van der Waals surface area contributed by atoms with Gasteiger partial charge in [0.1, 0.15) is 6.33 Å². The van der Waals surface area contributed by atoms with Crippen LogP contribution in [0.15, 0.2) is 12.5 Å². The zero-order valence-electron chi connectivity index (χ0n) is 11.2. The minimum absolute atomic E-state index is 0.178. The maximum Gasteiger partial charge on any atom is 0.216 e. The van der Waals surface area contributed by atoms with E-state index in [9.17, 15) is 12.8 Å². The Hall–Kier alpha value is -1.28. The molecule has 2 aliphatic rings. The number of hydrogen-bond donors (Lipinski definition) is 0. The summed E-state index contributed by atoms with van der Waals surface area (Å²) in [6, 6.07) is 0. The monoisotopic (exact) mass is 300 g/mol. The lowest BCUT2D eigenvalue weighted by Crippen LogP contribution is -2.52. The molecule has 1 aliphatic heterocycles. The smallest absolute Gasteiger partial charge is 0.216 e. The molecule has 8 heteroatoms. The molecule has 0 radical (unpaired) electrons. The Kier molecular flexibility index (Phi) is 3.37. The van der Waals surface area contributed by atoms with Crippen LogP contribution in [-0.2, 0) is 10.0 Å². The summed E-state index contributed by atoms with van der Waals surface area (Å²) in [7, 11) is -1.49. The number of halogens is 1. The molecule has 1 aliphatic carbocycles. The summed E-state index contributed by atoms with van der Waals surface area (Å²) in [5.74, 6) is 0.0803. The summed E-state index contributed by atoms with van der Waals surface area (Å²) in [5.41, 5.74) is 0. The molecule has 3 rings (SSSR count). The van der Waals surface area contributed by atoms with Gasteiger partial charge in [0, 0.05) is 32.6 Å². The van der Waals surface area contributed by atoms with Crippen LogP contribution in [0.2, 0.25) is 0 Å². The van der Waals surface area contributed by atoms with Gasteiger partial charge >= 0.3 is 0 Å². The summed E-state index contributed by atoms with van der Waals surface area (Å²) < 4.78 is 38.9. The van der Waals surface area contributed by atoms with E-state index in [1.165, 1.54) is 10.6 Å². The van der Waals surface area contributed by atoms with Crippen molar-refractivity contribution >= 4 is 15.8 Å². The third-order valence-electron chi connectivity index (χ3n) is 3.80. The van der Waals surface area contributed by atoms with Gasteiger partial charge in [0.15, 0.2) is 11.6 Å². The molecular formula is C12H17FN4O2S. The van der Waals surface area contributed by atoms with Crippen molar-refractivity contribution < 1.29 is 12.8 Å². The van der Waals surface area contributed by atoms with Crippen LogP contribution in [0.25, 0.3) is 0 Å². The molecule has 2 fully saturated rings. The highest BCUT2D eigenvalue weighted by Gasteiger charge is 2.40. The zero-order valence-corrected chi connectivity index (χ0v) is 12.1. The number of sulfonamides is 1. The summed E-state index contributed by atoms with van der Waals surface area (Å²) >= 11 is 0. The molecule has 0 aromatic carbocycles. The third-order valence-corrected chi connectivity index (χ3v) is 6.13. The second-order valence-corrected chi connectivity index (χ2v) is 7.81. The molecule has 1 saturated heterocycles. The lowest BCUT2D eigenvalue weighted by molar-refractivity contribution is 0.323. The third kappa shape index (κ3) is 2.49. The highest BCUT2D eigenvalue weighted by Crippen LogP contribution is 2.32. The van der Waals surface area contributed by atoms with Crippen molar-refractivity contribution in [3.8, 4) is 0 Å². The van der Waals surface area contributed by atoms with Gasteiger partial charge < -0.3 is 4.90 Å². The fraction of sp³-hybridized carbons (Fsp3) is 0.667. The molecule has 0 amide bonds. The fourth-order valence-corrected chi connectivity index (χ4v) is 4.14. The van der Waals surface area contributed by atoms with Gasteiger partial charge in [-0.2, -0.15) is 0 Å². The molecular weight excluding hydrogens is 283 g/mol. The highest BCUT2D eigenvalue weighted by molar-refractivity contribution is 7.90. The van der Waals surface area contributed by atoms with Crippen molar-refractivity contribution in [2.75, 3.05) is 31.6 Å². The number of rotatable bonds is 5. The average Bonchev–Trinajstić information content (AvgIpc) is 3.18. The molecule has 0 unspecified atom stereocenters. The molecule has 6 nitrogen and oxygen atoms in total. The lowest BCUT2D eigenvalue weighted by atomic mass is 10.0. The predicted molar refractivity (Wildman–Crippen MR) is 72.3 cm³/mol. The quantitative estimate of drug-likeness (QED) is 0.791. The van der Waals surface area contributed by atoms with Crippen LogP contribution in [0.3, 0.4) is 0 Å². The second kappa shape index (κ2) is 4.92. The van der Waals surface area contributed by atoms with Gasteiger partial charge in [0.25, 0.3) is 0 Å². The molecule has 1 aromatic heterocycles. The second-order valence-electron chi connectivity index (χ2n) is 5.49. The molecule has 0 N–H and O–H groups in total. The van der Waals surface area contributed by atoms with E-state index in [-0.39, 0.29) is 11.2 Å². The maximum atomic E-state index is 13.5. The van der Waals surface area contributed by atoms with E-state index in [0.29, 0.717) is 25.5 Å². The summed E-state index contributed by atoms with van der Waals surface area (Å²) in [6.45, 7) is 1.74. The summed E-state index contributed by atoms with van der Waals surface area (Å²) in [6.07, 6.45) is 4.00. The SMILES string of the molecule is CN(CC1CN(c2ncncc2F)C1)S(=O)(=O)C1CC1. The largest absolute Gasteiger partial charge is 0.353 e. The van der Waals surface area contributed by atoms with Crippen molar-refractivity contribution in [3.05, 3.63) is 18.3 Å². The normalized spacial score (nSPS) is 20.2. The zero-order chi connectivity index (χ0) is 14.3. The number of anilines is 1. The first-order valence-electron chi connectivity index (χ1n) is 6.64. The minimum atomic E-state index is -3.11. The Morgan fingerprint density at radius 3 is 2.75 bits per heavy atom. The van der Waals surface area contributed by atoms with E-state index in [1.807, 2.05) is 0 Å². The maximum absolute atomic E-state index is 13.5. The van der Waals surface area contributed by atoms with Crippen molar-refractivity contribution in [2.24, 2.45) is 5.92 Å². The fourth-order valence-electron chi connectivity index (χ4n) is 2.49. The standard InChI is InChI=1S/C12H17FN4O2S/c1-16(20(18,19)10-2-3-10)5-9-6-17(7-9)12-11(13)4-14-8-15-12/h4,8-10H,2-3,5-7H2,1H3. The van der Waals surface area contributed by atoms with Crippen LogP contribution in [0.1, 0.15) is 12.8 Å². The van der Waals surface area contributed by atoms with Crippen molar-refractivity contribution in [1.82, 2.24) is 14.3 Å². The van der Waals surface area contributed by atoms with Crippen molar-refractivity contribution in [1.29, 1.82) is 0 Å². The van der Waals surface area contributed by atoms with Gasteiger partial charge in [-0.1, -0.05) is 0 Å². The number of aromatic nitrogens is 2. The van der Waals surface area contributed by atoms with Crippen LogP contribution in [-0.4, -0.2) is 54.6 Å². The lowest BCUT2D eigenvalue weighted by Gasteiger charge is -2.41. The first-order chi connectivity index (χ1) is 9.48. The predicted octanol–water partition coefficient (Wildman–Crippen LogP) is 0.476. The van der Waals surface area contributed by atoms with E-state index in [0.717, 1.165) is 19.0 Å². The van der Waals surface area contributed by atoms with Gasteiger partial charge in [-0.15, -0.1) is 0 Å². The summed E-state index contributed by atoms with van der Waals surface area (Å²) in [5, 5.41) is -0.178. The Labute approximate surface area is 117 Å². The van der Waals surface area contributed by atoms with E-state index >= 15 is 0 Å². The first kappa shape index (κ1) is 13.7. The Balaban J connectivity index is 1.55. The number of nitrogens with zero attached hydrogens (tertiary/aromatic N) is 4. The molecule has 0 spiro atoms. The minimum Gasteiger partial charge on any atom is -0.353 e. The molecule has 2 heterocycles. The highest BCUT2D eigenvalue weighted by atomic mass is 32.2. The van der Waals surface area contributed by atoms with Gasteiger partial charge in [-0.3, -0.25) is 0 Å². The molecule has 110 valence electrons. The van der Waals surface area contributed by atoms with E-state index in [2.05, 4.69) is 9.97 Å². The van der Waals surface area contributed by atoms with Crippen molar-refractivity contribution in [3.63, 3.8) is 0 Å². The first-order valence-corrected chi connectivity index (χ1v) is 8.14. The van der Waals surface area contributed by atoms with Gasteiger partial charge in [0.2, 0.25) is 10.0 Å². The van der Waals surface area contributed by atoms with E-state index in [4.69, 9.17) is 0 Å². The molecule has 0 atom stereocenters. The van der Waals surface area contributed by atoms with E-state index < -0.39 is 15.8 Å². The Morgan fingerprint density at radius 2 is 2.15 bits per heavy atom. The van der Waals surface area contributed by atoms with Crippen molar-refractivity contribution in [2.45, 2.75) is 18.1 Å². The topological polar surface area (TPSA) is 66.4 Å². The van der Waals surface area contributed by atoms with Crippen LogP contribution in [0, 0.1) is 11.7 Å². The molecule has 20 heavy (non-hydrogen) atoms. The van der Waals surface area contributed by atoms with Crippen LogP contribution >= 0.6 is 0 Å².